The van der Waals surface area contributed by atoms with Crippen molar-refractivity contribution in [3.05, 3.63) is 29.8 Å². The molecule has 2 amide bonds. The number of nitrogens with zero attached hydrogens (tertiary/aromatic N) is 1. The number of amides is 2. The molecule has 2 rings (SSSR count). The number of para-hydroxylation sites is 1. The molecule has 1 saturated heterocycles. The van der Waals surface area contributed by atoms with Crippen molar-refractivity contribution >= 4 is 17.5 Å². The van der Waals surface area contributed by atoms with Crippen molar-refractivity contribution in [3.63, 3.8) is 0 Å². The van der Waals surface area contributed by atoms with Crippen LogP contribution in [0.3, 0.4) is 0 Å². The van der Waals surface area contributed by atoms with Gasteiger partial charge in [0, 0.05) is 13.1 Å². The standard InChI is InChI=1S/C19H29N3O2/c1-14(2)11-20-19(24)16-8-4-5-9-17(16)21-18(23)13-22-10-6-7-15(3)12-22/h4-5,8-9,14-15H,6-7,10-13H2,1-3H3,(H,20,24)(H,21,23). The van der Waals surface area contributed by atoms with Crippen molar-refractivity contribution in [2.45, 2.75) is 33.6 Å². The van der Waals surface area contributed by atoms with E-state index in [2.05, 4.69) is 22.5 Å². The van der Waals surface area contributed by atoms with Gasteiger partial charge in [-0.1, -0.05) is 32.9 Å². The van der Waals surface area contributed by atoms with Gasteiger partial charge in [0.2, 0.25) is 5.91 Å². The molecule has 1 aromatic carbocycles. The van der Waals surface area contributed by atoms with Crippen LogP contribution in [0.5, 0.6) is 0 Å². The molecule has 5 heteroatoms. The van der Waals surface area contributed by atoms with Crippen LogP contribution < -0.4 is 10.6 Å². The van der Waals surface area contributed by atoms with Crippen molar-refractivity contribution < 1.29 is 9.59 Å². The maximum atomic E-state index is 12.3. The highest BCUT2D eigenvalue weighted by Gasteiger charge is 2.19. The first-order valence-electron chi connectivity index (χ1n) is 8.85. The van der Waals surface area contributed by atoms with Gasteiger partial charge in [-0.2, -0.15) is 0 Å². The number of anilines is 1. The minimum absolute atomic E-state index is 0.0618. The summed E-state index contributed by atoms with van der Waals surface area (Å²) in [4.78, 5) is 26.8. The summed E-state index contributed by atoms with van der Waals surface area (Å²) in [7, 11) is 0. The Morgan fingerprint density at radius 2 is 2.04 bits per heavy atom. The Morgan fingerprint density at radius 1 is 1.29 bits per heavy atom. The lowest BCUT2D eigenvalue weighted by Gasteiger charge is -2.30. The largest absolute Gasteiger partial charge is 0.352 e. The summed E-state index contributed by atoms with van der Waals surface area (Å²) in [5.41, 5.74) is 1.09. The second-order valence-electron chi connectivity index (χ2n) is 7.18. The number of carbonyl (C=O) groups is 2. The summed E-state index contributed by atoms with van der Waals surface area (Å²) in [6.07, 6.45) is 2.37. The highest BCUT2D eigenvalue weighted by Crippen LogP contribution is 2.17. The van der Waals surface area contributed by atoms with Gasteiger partial charge >= 0.3 is 0 Å². The Hall–Kier alpha value is -1.88. The molecule has 0 radical (unpaired) electrons. The second kappa shape index (κ2) is 8.83. The van der Waals surface area contributed by atoms with E-state index in [1.54, 1.807) is 12.1 Å². The maximum Gasteiger partial charge on any atom is 0.253 e. The van der Waals surface area contributed by atoms with E-state index in [1.807, 2.05) is 26.0 Å². The van der Waals surface area contributed by atoms with Gasteiger partial charge in [0.1, 0.15) is 0 Å². The molecule has 0 aromatic heterocycles. The fourth-order valence-corrected chi connectivity index (χ4v) is 3.01. The van der Waals surface area contributed by atoms with E-state index in [1.165, 1.54) is 6.42 Å². The first kappa shape index (κ1) is 18.5. The first-order valence-corrected chi connectivity index (χ1v) is 8.85. The molecule has 2 N–H and O–H groups in total. The van der Waals surface area contributed by atoms with Crippen molar-refractivity contribution in [1.82, 2.24) is 10.2 Å². The fraction of sp³-hybridized carbons (Fsp3) is 0.579. The molecule has 0 spiro atoms. The zero-order valence-corrected chi connectivity index (χ0v) is 15.0. The van der Waals surface area contributed by atoms with E-state index >= 15 is 0 Å². The molecule has 24 heavy (non-hydrogen) atoms. The zero-order valence-electron chi connectivity index (χ0n) is 15.0. The summed E-state index contributed by atoms with van der Waals surface area (Å²) < 4.78 is 0. The number of likely N-dealkylation sites (tertiary alicyclic amines) is 1. The SMILES string of the molecule is CC(C)CNC(=O)c1ccccc1NC(=O)CN1CCCC(C)C1. The number of benzene rings is 1. The minimum atomic E-state index is -0.147. The van der Waals surface area contributed by atoms with Gasteiger partial charge in [0.25, 0.3) is 5.91 Å². The maximum absolute atomic E-state index is 12.3. The Morgan fingerprint density at radius 3 is 2.75 bits per heavy atom. The van der Waals surface area contributed by atoms with Gasteiger partial charge < -0.3 is 10.6 Å². The number of carbonyl (C=O) groups excluding carboxylic acids is 2. The Kier molecular flexibility index (Phi) is 6.79. The van der Waals surface area contributed by atoms with Crippen LogP contribution in [-0.2, 0) is 4.79 Å². The molecule has 1 heterocycles. The molecule has 1 aromatic rings. The summed E-state index contributed by atoms with van der Waals surface area (Å²) in [5, 5.41) is 5.80. The van der Waals surface area contributed by atoms with Crippen LogP contribution in [0.4, 0.5) is 5.69 Å². The average Bonchev–Trinajstić information content (AvgIpc) is 2.53. The van der Waals surface area contributed by atoms with Crippen LogP contribution in [0.25, 0.3) is 0 Å². The highest BCUT2D eigenvalue weighted by molar-refractivity contribution is 6.04. The molecule has 0 saturated carbocycles. The van der Waals surface area contributed by atoms with Crippen molar-refractivity contribution in [1.29, 1.82) is 0 Å². The lowest BCUT2D eigenvalue weighted by atomic mass is 10.0. The van der Waals surface area contributed by atoms with E-state index < -0.39 is 0 Å². The van der Waals surface area contributed by atoms with Crippen molar-refractivity contribution in [2.75, 3.05) is 31.5 Å². The molecular weight excluding hydrogens is 302 g/mol. The number of hydrogen-bond donors (Lipinski definition) is 2. The summed E-state index contributed by atoms with van der Waals surface area (Å²) >= 11 is 0. The molecule has 1 aliphatic heterocycles. The molecule has 1 fully saturated rings. The van der Waals surface area contributed by atoms with Crippen LogP contribution in [0, 0.1) is 11.8 Å². The Bertz CT molecular complexity index is 571. The predicted octanol–water partition coefficient (Wildman–Crippen LogP) is 2.74. The van der Waals surface area contributed by atoms with E-state index in [0.29, 0.717) is 36.2 Å². The van der Waals surface area contributed by atoms with Gasteiger partial charge in [-0.15, -0.1) is 0 Å². The minimum Gasteiger partial charge on any atom is -0.352 e. The van der Waals surface area contributed by atoms with Crippen LogP contribution in [0.2, 0.25) is 0 Å². The van der Waals surface area contributed by atoms with Crippen molar-refractivity contribution in [3.8, 4) is 0 Å². The predicted molar refractivity (Wildman–Crippen MR) is 97.1 cm³/mol. The van der Waals surface area contributed by atoms with Crippen LogP contribution >= 0.6 is 0 Å². The molecule has 1 unspecified atom stereocenters. The van der Waals surface area contributed by atoms with E-state index in [9.17, 15) is 9.59 Å². The van der Waals surface area contributed by atoms with E-state index in [-0.39, 0.29) is 11.8 Å². The Labute approximate surface area is 144 Å². The number of rotatable bonds is 6. The van der Waals surface area contributed by atoms with Gasteiger partial charge in [-0.05, 0) is 43.4 Å². The molecule has 132 valence electrons. The monoisotopic (exact) mass is 331 g/mol. The topological polar surface area (TPSA) is 61.4 Å². The third kappa shape index (κ3) is 5.64. The Balaban J connectivity index is 1.96. The lowest BCUT2D eigenvalue weighted by Crippen LogP contribution is -2.40. The van der Waals surface area contributed by atoms with Gasteiger partial charge in [-0.3, -0.25) is 14.5 Å². The molecular formula is C19H29N3O2. The molecule has 0 aliphatic carbocycles. The van der Waals surface area contributed by atoms with Crippen molar-refractivity contribution in [2.24, 2.45) is 11.8 Å². The van der Waals surface area contributed by atoms with Gasteiger partial charge in [-0.25, -0.2) is 0 Å². The normalized spacial score (nSPS) is 18.4. The number of nitrogens with one attached hydrogen (secondary N) is 2. The number of piperidine rings is 1. The lowest BCUT2D eigenvalue weighted by molar-refractivity contribution is -0.117. The van der Waals surface area contributed by atoms with E-state index in [0.717, 1.165) is 19.5 Å². The fourth-order valence-electron chi connectivity index (χ4n) is 3.01. The third-order valence-corrected chi connectivity index (χ3v) is 4.22. The summed E-state index contributed by atoms with van der Waals surface area (Å²) in [6.45, 7) is 9.25. The van der Waals surface area contributed by atoms with Crippen LogP contribution in [0.15, 0.2) is 24.3 Å². The first-order chi connectivity index (χ1) is 11.5. The van der Waals surface area contributed by atoms with E-state index in [4.69, 9.17) is 0 Å². The number of hydrogen-bond acceptors (Lipinski definition) is 3. The van der Waals surface area contributed by atoms with Gasteiger partial charge in [0.05, 0.1) is 17.8 Å². The highest BCUT2D eigenvalue weighted by atomic mass is 16.2. The summed E-state index contributed by atoms with van der Waals surface area (Å²) in [6, 6.07) is 7.17. The quantitative estimate of drug-likeness (QED) is 0.842. The van der Waals surface area contributed by atoms with Crippen LogP contribution in [-0.4, -0.2) is 42.9 Å². The third-order valence-electron chi connectivity index (χ3n) is 4.22. The second-order valence-corrected chi connectivity index (χ2v) is 7.18. The average molecular weight is 331 g/mol. The van der Waals surface area contributed by atoms with Gasteiger partial charge in [0.15, 0.2) is 0 Å². The van der Waals surface area contributed by atoms with Crippen LogP contribution in [0.1, 0.15) is 44.0 Å². The molecule has 1 atom stereocenters. The zero-order chi connectivity index (χ0) is 17.5. The smallest absolute Gasteiger partial charge is 0.253 e. The molecule has 0 bridgehead atoms. The summed E-state index contributed by atoms with van der Waals surface area (Å²) in [5.74, 6) is 0.817. The molecule has 5 nitrogen and oxygen atoms in total. The molecule has 1 aliphatic rings.